The van der Waals surface area contributed by atoms with Crippen LogP contribution in [-0.4, -0.2) is 23.7 Å². The topological polar surface area (TPSA) is 90.5 Å². The predicted octanol–water partition coefficient (Wildman–Crippen LogP) is 8.52. The van der Waals surface area contributed by atoms with Gasteiger partial charge in [-0.05, 0) is 41.8 Å². The molecule has 0 atom stereocenters. The van der Waals surface area contributed by atoms with E-state index in [0.29, 0.717) is 12.1 Å². The van der Waals surface area contributed by atoms with E-state index in [1.165, 1.54) is 83.5 Å². The Bertz CT molecular complexity index is 897. The summed E-state index contributed by atoms with van der Waals surface area (Å²) in [5.74, 6) is 0.198. The van der Waals surface area contributed by atoms with Crippen molar-refractivity contribution in [1.29, 1.82) is 0 Å². The van der Waals surface area contributed by atoms with E-state index >= 15 is 0 Å². The molecule has 210 valence electrons. The van der Waals surface area contributed by atoms with E-state index in [1.54, 1.807) is 12.1 Å². The minimum Gasteiger partial charge on any atom is -0.508 e. The van der Waals surface area contributed by atoms with E-state index in [1.807, 2.05) is 36.4 Å². The molecule has 0 aliphatic carbocycles. The number of hydrogen-bond donors (Lipinski definition) is 4. The molecule has 0 bridgehead atoms. The van der Waals surface area contributed by atoms with E-state index in [0.717, 1.165) is 24.0 Å². The maximum Gasteiger partial charge on any atom is 0.320 e. The Balaban J connectivity index is 1.41. The van der Waals surface area contributed by atoms with Crippen molar-refractivity contribution in [2.75, 3.05) is 12.0 Å². The van der Waals surface area contributed by atoms with Crippen molar-refractivity contribution < 1.29 is 14.7 Å². The minimum atomic E-state index is -0.366. The molecule has 0 aliphatic rings. The Morgan fingerprint density at radius 3 is 1.55 bits per heavy atom. The quantitative estimate of drug-likeness (QED) is 0.104. The Morgan fingerprint density at radius 1 is 0.605 bits per heavy atom. The van der Waals surface area contributed by atoms with Crippen LogP contribution < -0.4 is 16.0 Å². The second-order valence-electron chi connectivity index (χ2n) is 10.2. The van der Waals surface area contributed by atoms with Gasteiger partial charge in [0.15, 0.2) is 0 Å². The highest BCUT2D eigenvalue weighted by molar-refractivity contribution is 5.89. The maximum atomic E-state index is 12.1. The molecule has 3 amide bonds. The molecule has 0 saturated carbocycles. The highest BCUT2D eigenvalue weighted by atomic mass is 16.3. The lowest BCUT2D eigenvalue weighted by molar-refractivity contribution is -0.121. The first kappa shape index (κ1) is 31.2. The number of benzene rings is 2. The molecule has 0 saturated heterocycles. The molecular formula is C32H49N3O3. The zero-order chi connectivity index (χ0) is 27.3. The van der Waals surface area contributed by atoms with Crippen LogP contribution in [0.5, 0.6) is 5.75 Å². The van der Waals surface area contributed by atoms with Crippen molar-refractivity contribution in [3.63, 3.8) is 0 Å². The van der Waals surface area contributed by atoms with Crippen LogP contribution in [0.15, 0.2) is 48.5 Å². The monoisotopic (exact) mass is 523 g/mol. The summed E-state index contributed by atoms with van der Waals surface area (Å²) in [6.07, 6.45) is 20.1. The van der Waals surface area contributed by atoms with Crippen molar-refractivity contribution in [3.05, 3.63) is 48.5 Å². The molecule has 0 aromatic heterocycles. The Kier molecular flexibility index (Phi) is 16.4. The summed E-state index contributed by atoms with van der Waals surface area (Å²) in [5, 5.41) is 17.6. The van der Waals surface area contributed by atoms with Crippen LogP contribution in [-0.2, 0) is 4.79 Å². The van der Waals surface area contributed by atoms with Gasteiger partial charge in [0, 0.05) is 12.1 Å². The van der Waals surface area contributed by atoms with Gasteiger partial charge in [0.25, 0.3) is 0 Å². The van der Waals surface area contributed by atoms with Gasteiger partial charge in [-0.3, -0.25) is 4.79 Å². The Hall–Kier alpha value is -3.02. The van der Waals surface area contributed by atoms with Crippen LogP contribution in [0.2, 0.25) is 0 Å². The first-order valence-electron chi connectivity index (χ1n) is 14.8. The lowest BCUT2D eigenvalue weighted by atomic mass is 10.0. The average Bonchev–Trinajstić information content (AvgIpc) is 2.92. The SMILES string of the molecule is CCCCCCCCCCCCCCCCCC(=O)NCNC(=O)Nc1ccc(-c2ccc(O)cc2)cc1. The number of unbranched alkanes of at least 4 members (excludes halogenated alkanes) is 14. The molecule has 6 nitrogen and oxygen atoms in total. The second-order valence-corrected chi connectivity index (χ2v) is 10.2. The summed E-state index contributed by atoms with van der Waals surface area (Å²) in [5.41, 5.74) is 2.63. The summed E-state index contributed by atoms with van der Waals surface area (Å²) >= 11 is 0. The summed E-state index contributed by atoms with van der Waals surface area (Å²) in [4.78, 5) is 24.1. The molecule has 0 radical (unpaired) electrons. The zero-order valence-electron chi connectivity index (χ0n) is 23.4. The molecule has 0 fully saturated rings. The molecule has 2 aromatic carbocycles. The van der Waals surface area contributed by atoms with Crippen LogP contribution in [0.25, 0.3) is 11.1 Å². The van der Waals surface area contributed by atoms with E-state index in [2.05, 4.69) is 22.9 Å². The summed E-state index contributed by atoms with van der Waals surface area (Å²) in [7, 11) is 0. The number of urea groups is 1. The van der Waals surface area contributed by atoms with Gasteiger partial charge in [-0.15, -0.1) is 0 Å². The lowest BCUT2D eigenvalue weighted by Crippen LogP contribution is -2.39. The normalized spacial score (nSPS) is 10.8. The Morgan fingerprint density at radius 2 is 1.05 bits per heavy atom. The van der Waals surface area contributed by atoms with Gasteiger partial charge in [0.1, 0.15) is 5.75 Å². The maximum absolute atomic E-state index is 12.1. The van der Waals surface area contributed by atoms with Crippen molar-refractivity contribution in [1.82, 2.24) is 10.6 Å². The molecule has 2 aromatic rings. The van der Waals surface area contributed by atoms with Gasteiger partial charge in [-0.25, -0.2) is 4.79 Å². The molecule has 0 spiro atoms. The third-order valence-electron chi connectivity index (χ3n) is 6.89. The molecule has 6 heteroatoms. The smallest absolute Gasteiger partial charge is 0.320 e. The molecule has 4 N–H and O–H groups in total. The van der Waals surface area contributed by atoms with E-state index < -0.39 is 0 Å². The first-order valence-corrected chi connectivity index (χ1v) is 14.8. The van der Waals surface area contributed by atoms with Crippen molar-refractivity contribution >= 4 is 17.6 Å². The number of carbonyl (C=O) groups excluding carboxylic acids is 2. The molecule has 0 heterocycles. The van der Waals surface area contributed by atoms with Crippen LogP contribution in [0.1, 0.15) is 110 Å². The van der Waals surface area contributed by atoms with Crippen molar-refractivity contribution in [2.24, 2.45) is 0 Å². The first-order chi connectivity index (χ1) is 18.6. The third-order valence-corrected chi connectivity index (χ3v) is 6.89. The lowest BCUT2D eigenvalue weighted by Gasteiger charge is -2.10. The number of rotatable bonds is 20. The number of phenols is 1. The fraction of sp³-hybridized carbons (Fsp3) is 0.562. The number of anilines is 1. The van der Waals surface area contributed by atoms with Crippen molar-refractivity contribution in [2.45, 2.75) is 110 Å². The highest BCUT2D eigenvalue weighted by Gasteiger charge is 2.05. The number of aromatic hydroxyl groups is 1. The molecule has 0 aliphatic heterocycles. The number of amides is 3. The van der Waals surface area contributed by atoms with Gasteiger partial charge in [0.2, 0.25) is 5.91 Å². The fourth-order valence-electron chi connectivity index (χ4n) is 4.54. The number of carbonyl (C=O) groups is 2. The van der Waals surface area contributed by atoms with Crippen molar-refractivity contribution in [3.8, 4) is 16.9 Å². The van der Waals surface area contributed by atoms with E-state index in [4.69, 9.17) is 0 Å². The van der Waals surface area contributed by atoms with Gasteiger partial charge in [-0.2, -0.15) is 0 Å². The highest BCUT2D eigenvalue weighted by Crippen LogP contribution is 2.23. The Labute approximate surface area is 230 Å². The molecule has 38 heavy (non-hydrogen) atoms. The zero-order valence-corrected chi connectivity index (χ0v) is 23.4. The molecule has 2 rings (SSSR count). The number of phenolic OH excluding ortho intramolecular Hbond substituents is 1. The predicted molar refractivity (Wildman–Crippen MR) is 158 cm³/mol. The molecular weight excluding hydrogens is 474 g/mol. The van der Waals surface area contributed by atoms with Crippen LogP contribution in [0.4, 0.5) is 10.5 Å². The van der Waals surface area contributed by atoms with Gasteiger partial charge in [0.05, 0.1) is 6.67 Å². The van der Waals surface area contributed by atoms with Gasteiger partial charge < -0.3 is 21.1 Å². The summed E-state index contributed by atoms with van der Waals surface area (Å²) < 4.78 is 0. The largest absolute Gasteiger partial charge is 0.508 e. The number of nitrogens with one attached hydrogen (secondary N) is 3. The third kappa shape index (κ3) is 14.7. The summed E-state index contributed by atoms with van der Waals surface area (Å²) in [6, 6.07) is 14.0. The average molecular weight is 524 g/mol. The van der Waals surface area contributed by atoms with Gasteiger partial charge in [-0.1, -0.05) is 121 Å². The van der Waals surface area contributed by atoms with Crippen LogP contribution in [0.3, 0.4) is 0 Å². The molecule has 0 unspecified atom stereocenters. The second kappa shape index (κ2) is 20.0. The summed E-state index contributed by atoms with van der Waals surface area (Å²) in [6.45, 7) is 2.37. The fourth-order valence-corrected chi connectivity index (χ4v) is 4.54. The van der Waals surface area contributed by atoms with E-state index in [-0.39, 0.29) is 24.4 Å². The van der Waals surface area contributed by atoms with E-state index in [9.17, 15) is 14.7 Å². The van der Waals surface area contributed by atoms with Crippen LogP contribution >= 0.6 is 0 Å². The van der Waals surface area contributed by atoms with Gasteiger partial charge >= 0.3 is 6.03 Å². The van der Waals surface area contributed by atoms with Crippen LogP contribution in [0, 0.1) is 0 Å². The number of hydrogen-bond acceptors (Lipinski definition) is 3. The minimum absolute atomic E-state index is 0.0294. The standard InChI is InChI=1S/C32H49N3O3/c1-2-3-4-5-6-7-8-9-10-11-12-13-14-15-16-17-31(37)33-26-34-32(38)35-29-22-18-27(19-23-29)28-20-24-30(36)25-21-28/h18-25,36H,2-17,26H2,1H3,(H,33,37)(H2,34,35,38).